The highest BCUT2D eigenvalue weighted by Crippen LogP contribution is 2.30. The van der Waals surface area contributed by atoms with Gasteiger partial charge in [0.1, 0.15) is 0 Å². The van der Waals surface area contributed by atoms with Crippen molar-refractivity contribution in [2.45, 2.75) is 39.0 Å². The number of hydrogen-bond donors (Lipinski definition) is 0. The second-order valence-electron chi connectivity index (χ2n) is 5.46. The van der Waals surface area contributed by atoms with Gasteiger partial charge in [-0.1, -0.05) is 80.9 Å². The number of benzene rings is 2. The van der Waals surface area contributed by atoms with Gasteiger partial charge in [0, 0.05) is 5.92 Å². The van der Waals surface area contributed by atoms with E-state index >= 15 is 0 Å². The van der Waals surface area contributed by atoms with Crippen LogP contribution in [0.15, 0.2) is 60.7 Å². The van der Waals surface area contributed by atoms with Gasteiger partial charge in [0.05, 0.1) is 0 Å². The number of rotatable bonds is 6. The molecule has 0 aliphatic heterocycles. The Labute approximate surface area is 117 Å². The van der Waals surface area contributed by atoms with Crippen LogP contribution in [0.5, 0.6) is 0 Å². The maximum atomic E-state index is 2.35. The monoisotopic (exact) mass is 252 g/mol. The third-order valence-corrected chi connectivity index (χ3v) is 4.05. The van der Waals surface area contributed by atoms with Crippen LogP contribution in [0.4, 0.5) is 0 Å². The minimum Gasteiger partial charge on any atom is -0.0651 e. The van der Waals surface area contributed by atoms with Gasteiger partial charge in [0.2, 0.25) is 0 Å². The molecule has 0 heteroatoms. The predicted molar refractivity (Wildman–Crippen MR) is 83.4 cm³/mol. The topological polar surface area (TPSA) is 0 Å². The summed E-state index contributed by atoms with van der Waals surface area (Å²) in [6, 6.07) is 21.8. The summed E-state index contributed by atoms with van der Waals surface area (Å²) in [6.07, 6.45) is 3.81. The molecule has 1 atom stereocenters. The van der Waals surface area contributed by atoms with Crippen molar-refractivity contribution in [3.05, 3.63) is 71.8 Å². The summed E-state index contributed by atoms with van der Waals surface area (Å²) in [5.74, 6) is 1.35. The van der Waals surface area contributed by atoms with Gasteiger partial charge in [0.15, 0.2) is 0 Å². The molecule has 19 heavy (non-hydrogen) atoms. The first kappa shape index (κ1) is 13.9. The van der Waals surface area contributed by atoms with E-state index < -0.39 is 0 Å². The molecule has 0 fully saturated rings. The summed E-state index contributed by atoms with van der Waals surface area (Å²) in [7, 11) is 0. The zero-order valence-corrected chi connectivity index (χ0v) is 12.0. The fourth-order valence-corrected chi connectivity index (χ4v) is 2.55. The van der Waals surface area contributed by atoms with E-state index in [2.05, 4.69) is 74.5 Å². The molecule has 0 saturated heterocycles. The van der Waals surface area contributed by atoms with Gasteiger partial charge in [-0.2, -0.15) is 0 Å². The van der Waals surface area contributed by atoms with Gasteiger partial charge >= 0.3 is 0 Å². The normalized spacial score (nSPS) is 12.6. The Morgan fingerprint density at radius 1 is 0.737 bits per heavy atom. The smallest absolute Gasteiger partial charge is 0.00894 e. The third kappa shape index (κ3) is 3.96. The largest absolute Gasteiger partial charge is 0.0651 e. The molecule has 0 nitrogen and oxygen atoms in total. The minimum atomic E-state index is 0.538. The quantitative estimate of drug-likeness (QED) is 0.623. The van der Waals surface area contributed by atoms with E-state index in [1.807, 2.05) is 0 Å². The van der Waals surface area contributed by atoms with Crippen molar-refractivity contribution in [2.24, 2.45) is 5.92 Å². The van der Waals surface area contributed by atoms with Gasteiger partial charge in [-0.3, -0.25) is 0 Å². The maximum Gasteiger partial charge on any atom is 0.00894 e. The van der Waals surface area contributed by atoms with Gasteiger partial charge < -0.3 is 0 Å². The van der Waals surface area contributed by atoms with Crippen LogP contribution in [0, 0.1) is 5.92 Å². The Morgan fingerprint density at radius 2 is 1.21 bits per heavy atom. The van der Waals surface area contributed by atoms with Crippen molar-refractivity contribution in [3.8, 4) is 0 Å². The SMILES string of the molecule is CCC(C)CCC(c1ccccc1)c1ccccc1. The summed E-state index contributed by atoms with van der Waals surface area (Å²) < 4.78 is 0. The molecule has 0 spiro atoms. The van der Waals surface area contributed by atoms with Crippen molar-refractivity contribution in [1.82, 2.24) is 0 Å². The van der Waals surface area contributed by atoms with Gasteiger partial charge in [-0.05, 0) is 29.9 Å². The highest BCUT2D eigenvalue weighted by molar-refractivity contribution is 5.32. The number of hydrogen-bond acceptors (Lipinski definition) is 0. The van der Waals surface area contributed by atoms with E-state index in [1.54, 1.807) is 0 Å². The van der Waals surface area contributed by atoms with Gasteiger partial charge in [-0.25, -0.2) is 0 Å². The highest BCUT2D eigenvalue weighted by Gasteiger charge is 2.14. The standard InChI is InChI=1S/C19H24/c1-3-16(2)14-15-19(17-10-6-4-7-11-17)18-12-8-5-9-13-18/h4-13,16,19H,3,14-15H2,1-2H3. The molecule has 0 radical (unpaired) electrons. The van der Waals surface area contributed by atoms with Gasteiger partial charge in [0.25, 0.3) is 0 Å². The Morgan fingerprint density at radius 3 is 1.63 bits per heavy atom. The molecule has 2 aromatic carbocycles. The van der Waals surface area contributed by atoms with E-state index in [0.717, 1.165) is 5.92 Å². The molecule has 0 aromatic heterocycles. The van der Waals surface area contributed by atoms with Crippen molar-refractivity contribution in [2.75, 3.05) is 0 Å². The summed E-state index contributed by atoms with van der Waals surface area (Å²) in [5, 5.41) is 0. The van der Waals surface area contributed by atoms with Crippen LogP contribution in [0.3, 0.4) is 0 Å². The zero-order valence-electron chi connectivity index (χ0n) is 12.0. The zero-order chi connectivity index (χ0) is 13.5. The van der Waals surface area contributed by atoms with Crippen LogP contribution in [0.2, 0.25) is 0 Å². The van der Waals surface area contributed by atoms with E-state index in [9.17, 15) is 0 Å². The second-order valence-corrected chi connectivity index (χ2v) is 5.46. The molecule has 2 rings (SSSR count). The van der Waals surface area contributed by atoms with Crippen LogP contribution >= 0.6 is 0 Å². The first-order chi connectivity index (χ1) is 9.31. The van der Waals surface area contributed by atoms with E-state index in [4.69, 9.17) is 0 Å². The summed E-state index contributed by atoms with van der Waals surface area (Å²) in [5.41, 5.74) is 2.88. The molecule has 0 heterocycles. The molecule has 0 aliphatic rings. The molecular formula is C19H24. The average Bonchev–Trinajstić information content (AvgIpc) is 2.49. The van der Waals surface area contributed by atoms with Crippen molar-refractivity contribution in [3.63, 3.8) is 0 Å². The summed E-state index contributed by atoms with van der Waals surface area (Å²) in [4.78, 5) is 0. The second kappa shape index (κ2) is 7.13. The molecule has 2 aromatic rings. The lowest BCUT2D eigenvalue weighted by molar-refractivity contribution is 0.478. The lowest BCUT2D eigenvalue weighted by atomic mass is 9.85. The summed E-state index contributed by atoms with van der Waals surface area (Å²) >= 11 is 0. The first-order valence-corrected chi connectivity index (χ1v) is 7.41. The minimum absolute atomic E-state index is 0.538. The third-order valence-electron chi connectivity index (χ3n) is 4.05. The molecule has 0 aliphatic carbocycles. The van der Waals surface area contributed by atoms with Gasteiger partial charge in [-0.15, -0.1) is 0 Å². The van der Waals surface area contributed by atoms with E-state index in [0.29, 0.717) is 5.92 Å². The van der Waals surface area contributed by atoms with Crippen LogP contribution < -0.4 is 0 Å². The highest BCUT2D eigenvalue weighted by atomic mass is 14.2. The van der Waals surface area contributed by atoms with Crippen molar-refractivity contribution < 1.29 is 0 Å². The van der Waals surface area contributed by atoms with E-state index in [1.165, 1.54) is 30.4 Å². The molecule has 1 unspecified atom stereocenters. The molecule has 0 bridgehead atoms. The van der Waals surface area contributed by atoms with Crippen molar-refractivity contribution in [1.29, 1.82) is 0 Å². The first-order valence-electron chi connectivity index (χ1n) is 7.41. The Hall–Kier alpha value is -1.56. The molecule has 100 valence electrons. The van der Waals surface area contributed by atoms with Crippen LogP contribution in [-0.2, 0) is 0 Å². The summed E-state index contributed by atoms with van der Waals surface area (Å²) in [6.45, 7) is 4.64. The van der Waals surface area contributed by atoms with Crippen LogP contribution in [0.25, 0.3) is 0 Å². The lowest BCUT2D eigenvalue weighted by Gasteiger charge is -2.20. The Kier molecular flexibility index (Phi) is 5.20. The van der Waals surface area contributed by atoms with Crippen LogP contribution in [0.1, 0.15) is 50.2 Å². The molecular weight excluding hydrogens is 228 g/mol. The average molecular weight is 252 g/mol. The maximum absolute atomic E-state index is 2.35. The van der Waals surface area contributed by atoms with Crippen LogP contribution in [-0.4, -0.2) is 0 Å². The predicted octanol–water partition coefficient (Wildman–Crippen LogP) is 5.64. The van der Waals surface area contributed by atoms with Crippen molar-refractivity contribution >= 4 is 0 Å². The van der Waals surface area contributed by atoms with E-state index in [-0.39, 0.29) is 0 Å². The lowest BCUT2D eigenvalue weighted by Crippen LogP contribution is -2.04. The Balaban J connectivity index is 2.19. The Bertz CT molecular complexity index is 418. The fraction of sp³-hybridized carbons (Fsp3) is 0.368. The molecule has 0 N–H and O–H groups in total. The fourth-order valence-electron chi connectivity index (χ4n) is 2.55. The molecule has 0 saturated carbocycles. The molecule has 0 amide bonds.